The number of nitrogens with one attached hydrogen (secondary N) is 1. The van der Waals surface area contributed by atoms with Crippen LogP contribution in [0.1, 0.15) is 18.3 Å². The molecule has 0 fully saturated rings. The van der Waals surface area contributed by atoms with Crippen molar-refractivity contribution in [2.75, 3.05) is 11.9 Å². The van der Waals surface area contributed by atoms with Crippen LogP contribution < -0.4 is 5.32 Å². The molecule has 0 aliphatic rings. The average Bonchev–Trinajstić information content (AvgIpc) is 2.35. The zero-order chi connectivity index (χ0) is 12.1. The summed E-state index contributed by atoms with van der Waals surface area (Å²) in [4.78, 5) is 12.8. The number of hydrogen-bond acceptors (Lipinski definition) is 4. The summed E-state index contributed by atoms with van der Waals surface area (Å²) in [6, 6.07) is 3.96. The smallest absolute Gasteiger partial charge is 0.143 e. The molecule has 0 aliphatic heterocycles. The first-order valence-corrected chi connectivity index (χ1v) is 6.51. The van der Waals surface area contributed by atoms with Crippen molar-refractivity contribution in [3.8, 4) is 0 Å². The fraction of sp³-hybridized carbons (Fsp3) is 0.250. The molecule has 0 saturated carbocycles. The van der Waals surface area contributed by atoms with Crippen molar-refractivity contribution >= 4 is 28.4 Å². The third-order valence-corrected chi connectivity index (χ3v) is 3.04. The van der Waals surface area contributed by atoms with Crippen LogP contribution in [-0.2, 0) is 6.42 Å². The molecule has 2 aromatic heterocycles. The van der Waals surface area contributed by atoms with Crippen LogP contribution in [0.4, 0.5) is 5.82 Å². The molecule has 0 aliphatic carbocycles. The SMILES string of the molecule is CCNc1nc(Cc2ccncc2)ncc1I. The van der Waals surface area contributed by atoms with Gasteiger partial charge in [0.15, 0.2) is 0 Å². The first kappa shape index (κ1) is 12.2. The van der Waals surface area contributed by atoms with Crippen molar-refractivity contribution in [2.45, 2.75) is 13.3 Å². The minimum atomic E-state index is 0.734. The van der Waals surface area contributed by atoms with Crippen molar-refractivity contribution in [1.29, 1.82) is 0 Å². The number of aromatic nitrogens is 3. The van der Waals surface area contributed by atoms with E-state index in [0.717, 1.165) is 28.2 Å². The monoisotopic (exact) mass is 340 g/mol. The predicted molar refractivity (Wildman–Crippen MR) is 76.0 cm³/mol. The van der Waals surface area contributed by atoms with Crippen LogP contribution in [0, 0.1) is 3.57 Å². The van der Waals surface area contributed by atoms with Gasteiger partial charge in [0.2, 0.25) is 0 Å². The fourth-order valence-electron chi connectivity index (χ4n) is 1.46. The minimum Gasteiger partial charge on any atom is -0.369 e. The van der Waals surface area contributed by atoms with Crippen molar-refractivity contribution in [2.24, 2.45) is 0 Å². The van der Waals surface area contributed by atoms with Crippen LogP contribution in [-0.4, -0.2) is 21.5 Å². The van der Waals surface area contributed by atoms with Gasteiger partial charge in [0.1, 0.15) is 11.6 Å². The van der Waals surface area contributed by atoms with E-state index in [1.807, 2.05) is 18.3 Å². The lowest BCUT2D eigenvalue weighted by atomic mass is 10.2. The summed E-state index contributed by atoms with van der Waals surface area (Å²) in [5, 5.41) is 3.23. The topological polar surface area (TPSA) is 50.7 Å². The van der Waals surface area contributed by atoms with Gasteiger partial charge < -0.3 is 5.32 Å². The Kier molecular flexibility index (Phi) is 4.24. The van der Waals surface area contributed by atoms with Gasteiger partial charge in [-0.05, 0) is 47.2 Å². The number of nitrogens with zero attached hydrogens (tertiary/aromatic N) is 3. The molecule has 2 heterocycles. The Labute approximate surface area is 114 Å². The van der Waals surface area contributed by atoms with Gasteiger partial charge in [0, 0.05) is 31.6 Å². The van der Waals surface area contributed by atoms with E-state index in [1.165, 1.54) is 5.56 Å². The summed E-state index contributed by atoms with van der Waals surface area (Å²) >= 11 is 2.23. The molecule has 2 aromatic rings. The standard InChI is InChI=1S/C12H13IN4/c1-2-15-12-10(13)8-16-11(17-12)7-9-3-5-14-6-4-9/h3-6,8H,2,7H2,1H3,(H,15,16,17). The summed E-state index contributed by atoms with van der Waals surface area (Å²) in [5.41, 5.74) is 1.17. The molecule has 4 nitrogen and oxygen atoms in total. The zero-order valence-electron chi connectivity index (χ0n) is 9.52. The summed E-state index contributed by atoms with van der Waals surface area (Å²) in [6.07, 6.45) is 6.15. The molecular formula is C12H13IN4. The minimum absolute atomic E-state index is 0.734. The summed E-state index contributed by atoms with van der Waals surface area (Å²) < 4.78 is 1.04. The van der Waals surface area contributed by atoms with Crippen LogP contribution in [0.5, 0.6) is 0 Å². The van der Waals surface area contributed by atoms with Gasteiger partial charge in [-0.2, -0.15) is 0 Å². The normalized spacial score (nSPS) is 10.2. The Hall–Kier alpha value is -1.24. The number of anilines is 1. The van der Waals surface area contributed by atoms with Gasteiger partial charge in [-0.15, -0.1) is 0 Å². The second-order valence-electron chi connectivity index (χ2n) is 3.55. The third kappa shape index (κ3) is 3.36. The Morgan fingerprint density at radius 3 is 2.76 bits per heavy atom. The molecule has 0 spiro atoms. The van der Waals surface area contributed by atoms with Crippen LogP contribution in [0.25, 0.3) is 0 Å². The molecule has 0 atom stereocenters. The number of halogens is 1. The Morgan fingerprint density at radius 2 is 2.06 bits per heavy atom. The summed E-state index contributed by atoms with van der Waals surface area (Å²) in [7, 11) is 0. The van der Waals surface area contributed by atoms with E-state index in [9.17, 15) is 0 Å². The maximum absolute atomic E-state index is 4.51. The van der Waals surface area contributed by atoms with Gasteiger partial charge in [0.05, 0.1) is 3.57 Å². The van der Waals surface area contributed by atoms with Crippen LogP contribution in [0.2, 0.25) is 0 Å². The zero-order valence-corrected chi connectivity index (χ0v) is 11.7. The van der Waals surface area contributed by atoms with Gasteiger partial charge in [0.25, 0.3) is 0 Å². The second-order valence-corrected chi connectivity index (χ2v) is 4.71. The lowest BCUT2D eigenvalue weighted by Crippen LogP contribution is -2.06. The molecule has 1 N–H and O–H groups in total. The Balaban J connectivity index is 2.19. The Bertz CT molecular complexity index is 487. The van der Waals surface area contributed by atoms with Crippen LogP contribution >= 0.6 is 22.6 Å². The van der Waals surface area contributed by atoms with E-state index in [-0.39, 0.29) is 0 Å². The molecule has 5 heteroatoms. The maximum atomic E-state index is 4.51. The quantitative estimate of drug-likeness (QED) is 0.869. The van der Waals surface area contributed by atoms with Crippen molar-refractivity contribution in [3.05, 3.63) is 45.7 Å². The van der Waals surface area contributed by atoms with Crippen molar-refractivity contribution < 1.29 is 0 Å². The largest absolute Gasteiger partial charge is 0.369 e. The molecule has 0 aromatic carbocycles. The van der Waals surface area contributed by atoms with Gasteiger partial charge in [-0.25, -0.2) is 9.97 Å². The van der Waals surface area contributed by atoms with Crippen molar-refractivity contribution in [3.63, 3.8) is 0 Å². The molecule has 0 saturated heterocycles. The Morgan fingerprint density at radius 1 is 1.29 bits per heavy atom. The number of rotatable bonds is 4. The lowest BCUT2D eigenvalue weighted by Gasteiger charge is -2.07. The van der Waals surface area contributed by atoms with E-state index < -0.39 is 0 Å². The highest BCUT2D eigenvalue weighted by Gasteiger charge is 2.04. The molecular weight excluding hydrogens is 327 g/mol. The predicted octanol–water partition coefficient (Wildman–Crippen LogP) is 2.50. The molecule has 17 heavy (non-hydrogen) atoms. The second kappa shape index (κ2) is 5.90. The summed E-state index contributed by atoms with van der Waals surface area (Å²) in [6.45, 7) is 2.92. The van der Waals surface area contributed by atoms with E-state index in [1.54, 1.807) is 12.4 Å². The molecule has 0 amide bonds. The molecule has 88 valence electrons. The highest BCUT2D eigenvalue weighted by atomic mass is 127. The highest BCUT2D eigenvalue weighted by molar-refractivity contribution is 14.1. The molecule has 2 rings (SSSR count). The fourth-order valence-corrected chi connectivity index (χ4v) is 1.91. The lowest BCUT2D eigenvalue weighted by molar-refractivity contribution is 0.952. The maximum Gasteiger partial charge on any atom is 0.143 e. The molecule has 0 unspecified atom stereocenters. The third-order valence-electron chi connectivity index (χ3n) is 2.25. The van der Waals surface area contributed by atoms with Crippen LogP contribution in [0.3, 0.4) is 0 Å². The molecule has 0 bridgehead atoms. The van der Waals surface area contributed by atoms with Crippen LogP contribution in [0.15, 0.2) is 30.7 Å². The first-order valence-electron chi connectivity index (χ1n) is 5.43. The number of hydrogen-bond donors (Lipinski definition) is 1. The van der Waals surface area contributed by atoms with Gasteiger partial charge >= 0.3 is 0 Å². The van der Waals surface area contributed by atoms with E-state index in [0.29, 0.717) is 0 Å². The summed E-state index contributed by atoms with van der Waals surface area (Å²) in [5.74, 6) is 1.74. The van der Waals surface area contributed by atoms with Gasteiger partial charge in [-0.1, -0.05) is 0 Å². The van der Waals surface area contributed by atoms with E-state index >= 15 is 0 Å². The van der Waals surface area contributed by atoms with Crippen molar-refractivity contribution in [1.82, 2.24) is 15.0 Å². The van der Waals surface area contributed by atoms with E-state index in [2.05, 4.69) is 49.8 Å². The molecule has 0 radical (unpaired) electrons. The van der Waals surface area contributed by atoms with E-state index in [4.69, 9.17) is 0 Å². The van der Waals surface area contributed by atoms with Gasteiger partial charge in [-0.3, -0.25) is 4.98 Å². The first-order chi connectivity index (χ1) is 8.29. The highest BCUT2D eigenvalue weighted by Crippen LogP contribution is 2.15. The average molecular weight is 340 g/mol. The number of pyridine rings is 1.